The van der Waals surface area contributed by atoms with Crippen LogP contribution in [-0.4, -0.2) is 29.7 Å². The predicted octanol–water partition coefficient (Wildman–Crippen LogP) is 1.74. The van der Waals surface area contributed by atoms with Crippen molar-refractivity contribution in [1.82, 2.24) is 4.98 Å². The van der Waals surface area contributed by atoms with E-state index in [1.54, 1.807) is 0 Å². The summed E-state index contributed by atoms with van der Waals surface area (Å²) in [6.07, 6.45) is -3.22. The molecule has 0 aliphatic rings. The minimum atomic E-state index is -4.77. The van der Waals surface area contributed by atoms with Crippen molar-refractivity contribution >= 4 is 0 Å². The Morgan fingerprint density at radius 2 is 2.12 bits per heavy atom. The van der Waals surface area contributed by atoms with Crippen molar-refractivity contribution < 1.29 is 27.8 Å². The fourth-order valence-corrected chi connectivity index (χ4v) is 0.910. The molecular formula is C9H10F3NO3. The van der Waals surface area contributed by atoms with Crippen molar-refractivity contribution in [3.8, 4) is 11.6 Å². The van der Waals surface area contributed by atoms with Gasteiger partial charge in [-0.05, 0) is 6.07 Å². The molecule has 1 heterocycles. The lowest BCUT2D eigenvalue weighted by Crippen LogP contribution is -2.17. The summed E-state index contributed by atoms with van der Waals surface area (Å²) in [5.74, 6) is -0.364. The number of halogens is 3. The van der Waals surface area contributed by atoms with E-state index in [1.165, 1.54) is 6.07 Å². The molecule has 4 nitrogen and oxygen atoms in total. The molecule has 0 saturated heterocycles. The second-order valence-electron chi connectivity index (χ2n) is 2.80. The van der Waals surface area contributed by atoms with Gasteiger partial charge in [-0.1, -0.05) is 0 Å². The van der Waals surface area contributed by atoms with Gasteiger partial charge in [-0.2, -0.15) is 0 Å². The highest BCUT2D eigenvalue weighted by atomic mass is 19.4. The third-order valence-corrected chi connectivity index (χ3v) is 1.50. The van der Waals surface area contributed by atoms with Crippen molar-refractivity contribution in [3.63, 3.8) is 0 Å². The molecule has 0 atom stereocenters. The summed E-state index contributed by atoms with van der Waals surface area (Å²) in [6.45, 7) is 0.170. The van der Waals surface area contributed by atoms with Gasteiger partial charge in [0.1, 0.15) is 5.75 Å². The molecular weight excluding hydrogens is 227 g/mol. The summed E-state index contributed by atoms with van der Waals surface area (Å²) in [4.78, 5) is 3.38. The molecule has 0 aliphatic heterocycles. The molecule has 16 heavy (non-hydrogen) atoms. The zero-order valence-electron chi connectivity index (χ0n) is 8.20. The maximum absolute atomic E-state index is 11.8. The van der Waals surface area contributed by atoms with E-state index in [0.29, 0.717) is 6.42 Å². The molecule has 1 N–H and O–H groups in total. The Bertz CT molecular complexity index is 330. The van der Waals surface area contributed by atoms with E-state index in [2.05, 4.69) is 9.72 Å². The van der Waals surface area contributed by atoms with Crippen molar-refractivity contribution in [2.75, 3.05) is 13.2 Å². The molecule has 0 amide bonds. The highest BCUT2D eigenvalue weighted by Gasteiger charge is 2.31. The van der Waals surface area contributed by atoms with E-state index in [1.807, 2.05) is 0 Å². The van der Waals surface area contributed by atoms with Crippen LogP contribution in [0.4, 0.5) is 13.2 Å². The lowest BCUT2D eigenvalue weighted by molar-refractivity contribution is -0.276. The van der Waals surface area contributed by atoms with Gasteiger partial charge in [0.15, 0.2) is 0 Å². The van der Waals surface area contributed by atoms with Gasteiger partial charge in [0.05, 0.1) is 6.61 Å². The third kappa shape index (κ3) is 4.83. The first-order valence-corrected chi connectivity index (χ1v) is 4.47. The highest BCUT2D eigenvalue weighted by molar-refractivity contribution is 5.26. The zero-order valence-corrected chi connectivity index (χ0v) is 8.20. The minimum Gasteiger partial charge on any atom is -0.493 e. The van der Waals surface area contributed by atoms with Crippen molar-refractivity contribution in [2.45, 2.75) is 12.8 Å². The molecule has 0 aromatic carbocycles. The number of aliphatic hydroxyl groups excluding tert-OH is 1. The van der Waals surface area contributed by atoms with E-state index in [-0.39, 0.29) is 19.0 Å². The van der Waals surface area contributed by atoms with Crippen LogP contribution in [0.1, 0.15) is 6.42 Å². The summed E-state index contributed by atoms with van der Waals surface area (Å²) >= 11 is 0. The van der Waals surface area contributed by atoms with Gasteiger partial charge in [-0.15, -0.1) is 13.2 Å². The Labute approximate surface area is 89.6 Å². The van der Waals surface area contributed by atoms with Crippen LogP contribution < -0.4 is 9.47 Å². The largest absolute Gasteiger partial charge is 0.574 e. The molecule has 0 saturated carbocycles. The summed E-state index contributed by atoms with van der Waals surface area (Å²) in [7, 11) is 0. The summed E-state index contributed by atoms with van der Waals surface area (Å²) in [5.41, 5.74) is 0. The molecule has 0 spiro atoms. The number of alkyl halides is 3. The molecule has 7 heteroatoms. The predicted molar refractivity (Wildman–Crippen MR) is 48.1 cm³/mol. The van der Waals surface area contributed by atoms with Crippen molar-refractivity contribution in [1.29, 1.82) is 0 Å². The molecule has 0 aliphatic carbocycles. The van der Waals surface area contributed by atoms with Crippen LogP contribution in [0.25, 0.3) is 0 Å². The standard InChI is InChI=1S/C9H10F3NO3/c10-9(11,12)16-8-6-7(2-3-13-8)15-5-1-4-14/h2-3,6,14H,1,4-5H2. The fraction of sp³-hybridized carbons (Fsp3) is 0.444. The SMILES string of the molecule is OCCCOc1ccnc(OC(F)(F)F)c1. The monoisotopic (exact) mass is 237 g/mol. The van der Waals surface area contributed by atoms with E-state index in [4.69, 9.17) is 9.84 Å². The van der Waals surface area contributed by atoms with Gasteiger partial charge in [-0.25, -0.2) is 4.98 Å². The van der Waals surface area contributed by atoms with Crippen molar-refractivity contribution in [3.05, 3.63) is 18.3 Å². The van der Waals surface area contributed by atoms with Crippen LogP contribution in [0.15, 0.2) is 18.3 Å². The Balaban J connectivity index is 2.57. The Kier molecular flexibility index (Phi) is 4.36. The smallest absolute Gasteiger partial charge is 0.493 e. The molecule has 0 bridgehead atoms. The maximum Gasteiger partial charge on any atom is 0.574 e. The number of aliphatic hydroxyl groups is 1. The van der Waals surface area contributed by atoms with Gasteiger partial charge in [0, 0.05) is 25.3 Å². The van der Waals surface area contributed by atoms with Gasteiger partial charge in [0.2, 0.25) is 5.88 Å². The first-order valence-electron chi connectivity index (χ1n) is 4.47. The molecule has 1 aromatic rings. The average molecular weight is 237 g/mol. The second-order valence-corrected chi connectivity index (χ2v) is 2.80. The first-order chi connectivity index (χ1) is 7.51. The molecule has 1 aromatic heterocycles. The summed E-state index contributed by atoms with van der Waals surface area (Å²) in [5, 5.41) is 8.49. The molecule has 0 unspecified atom stereocenters. The van der Waals surface area contributed by atoms with Crippen LogP contribution in [0.3, 0.4) is 0 Å². The normalized spacial score (nSPS) is 11.2. The summed E-state index contributed by atoms with van der Waals surface area (Å²) in [6, 6.07) is 2.44. The zero-order chi connectivity index (χ0) is 12.0. The third-order valence-electron chi connectivity index (χ3n) is 1.50. The van der Waals surface area contributed by atoms with E-state index in [9.17, 15) is 13.2 Å². The Hall–Kier alpha value is -1.50. The Morgan fingerprint density at radius 1 is 1.38 bits per heavy atom. The molecule has 0 radical (unpaired) electrons. The quantitative estimate of drug-likeness (QED) is 0.792. The minimum absolute atomic E-state index is 0.0447. The number of aromatic nitrogens is 1. The second kappa shape index (κ2) is 5.55. The lowest BCUT2D eigenvalue weighted by atomic mass is 10.4. The van der Waals surface area contributed by atoms with Crippen LogP contribution in [0.5, 0.6) is 11.6 Å². The number of rotatable bonds is 5. The van der Waals surface area contributed by atoms with E-state index in [0.717, 1.165) is 12.3 Å². The molecule has 90 valence electrons. The number of hydrogen-bond donors (Lipinski definition) is 1. The first kappa shape index (κ1) is 12.6. The summed E-state index contributed by atoms with van der Waals surface area (Å²) < 4.78 is 44.2. The fourth-order valence-electron chi connectivity index (χ4n) is 0.910. The number of hydrogen-bond acceptors (Lipinski definition) is 4. The van der Waals surface area contributed by atoms with E-state index < -0.39 is 12.2 Å². The average Bonchev–Trinajstić information content (AvgIpc) is 2.16. The highest BCUT2D eigenvalue weighted by Crippen LogP contribution is 2.23. The van der Waals surface area contributed by atoms with Crippen LogP contribution >= 0.6 is 0 Å². The lowest BCUT2D eigenvalue weighted by Gasteiger charge is -2.09. The van der Waals surface area contributed by atoms with Gasteiger partial charge >= 0.3 is 6.36 Å². The Morgan fingerprint density at radius 3 is 2.75 bits per heavy atom. The van der Waals surface area contributed by atoms with Crippen LogP contribution in [0.2, 0.25) is 0 Å². The number of nitrogens with zero attached hydrogens (tertiary/aromatic N) is 1. The van der Waals surface area contributed by atoms with E-state index >= 15 is 0 Å². The van der Waals surface area contributed by atoms with Crippen LogP contribution in [0, 0.1) is 0 Å². The topological polar surface area (TPSA) is 51.6 Å². The van der Waals surface area contributed by atoms with Crippen molar-refractivity contribution in [2.24, 2.45) is 0 Å². The number of pyridine rings is 1. The number of ether oxygens (including phenoxy) is 2. The molecule has 1 rings (SSSR count). The van der Waals surface area contributed by atoms with Gasteiger partial charge < -0.3 is 14.6 Å². The van der Waals surface area contributed by atoms with Gasteiger partial charge in [-0.3, -0.25) is 0 Å². The maximum atomic E-state index is 11.8. The molecule has 0 fully saturated rings. The van der Waals surface area contributed by atoms with Crippen LogP contribution in [-0.2, 0) is 0 Å². The van der Waals surface area contributed by atoms with Gasteiger partial charge in [0.25, 0.3) is 0 Å².